The quantitative estimate of drug-likeness (QED) is 0.663. The number of halogens is 3. The number of ether oxygens (including phenoxy) is 1. The number of carbonyl (C=O) groups excluding carboxylic acids is 2. The van der Waals surface area contributed by atoms with E-state index in [-0.39, 0.29) is 11.3 Å². The van der Waals surface area contributed by atoms with Gasteiger partial charge in [0.1, 0.15) is 5.75 Å². The zero-order chi connectivity index (χ0) is 17.9. The molecule has 2 aromatic carbocycles. The average Bonchev–Trinajstić information content (AvgIpc) is 2.55. The van der Waals surface area contributed by atoms with Gasteiger partial charge < -0.3 is 15.2 Å². The van der Waals surface area contributed by atoms with Crippen LogP contribution < -0.4 is 5.32 Å². The Morgan fingerprint density at radius 3 is 2.29 bits per heavy atom. The van der Waals surface area contributed by atoms with Crippen LogP contribution in [0.2, 0.25) is 0 Å². The van der Waals surface area contributed by atoms with Crippen LogP contribution in [0.4, 0.5) is 18.9 Å². The number of esters is 1. The number of nitrogens with one attached hydrogen (secondary N) is 1. The van der Waals surface area contributed by atoms with E-state index < -0.39 is 41.1 Å². The van der Waals surface area contributed by atoms with E-state index >= 15 is 0 Å². The number of phenols is 1. The van der Waals surface area contributed by atoms with Crippen molar-refractivity contribution in [3.63, 3.8) is 0 Å². The van der Waals surface area contributed by atoms with Gasteiger partial charge in [-0.05, 0) is 43.3 Å². The van der Waals surface area contributed by atoms with Crippen LogP contribution in [0.1, 0.15) is 17.3 Å². The first kappa shape index (κ1) is 17.3. The molecule has 2 aromatic rings. The second-order valence-electron chi connectivity index (χ2n) is 4.81. The van der Waals surface area contributed by atoms with Crippen molar-refractivity contribution >= 4 is 17.6 Å². The van der Waals surface area contributed by atoms with Crippen LogP contribution in [0.5, 0.6) is 5.75 Å². The normalized spacial score (nSPS) is 11.7. The third-order valence-electron chi connectivity index (χ3n) is 3.05. The standard InChI is InChI=1S/C16H12F3NO4/c1-8(24-16(23)9-2-4-10(21)5-3-9)15(22)20-12-7-6-11(17)13(18)14(12)19/h2-8,21H,1H3,(H,20,22). The second-order valence-corrected chi connectivity index (χ2v) is 4.81. The van der Waals surface area contributed by atoms with Gasteiger partial charge in [0.2, 0.25) is 0 Å². The van der Waals surface area contributed by atoms with Crippen molar-refractivity contribution < 1.29 is 32.6 Å². The third kappa shape index (κ3) is 3.83. The lowest BCUT2D eigenvalue weighted by Gasteiger charge is -2.14. The summed E-state index contributed by atoms with van der Waals surface area (Å²) in [6.45, 7) is 1.23. The molecule has 2 rings (SSSR count). The average molecular weight is 339 g/mol. The highest BCUT2D eigenvalue weighted by atomic mass is 19.2. The SMILES string of the molecule is CC(OC(=O)c1ccc(O)cc1)C(=O)Nc1ccc(F)c(F)c1F. The molecule has 0 bridgehead atoms. The number of hydrogen-bond donors (Lipinski definition) is 2. The first-order valence-electron chi connectivity index (χ1n) is 6.74. The van der Waals surface area contributed by atoms with Crippen LogP contribution in [0.3, 0.4) is 0 Å². The molecule has 0 aromatic heterocycles. The molecule has 8 heteroatoms. The number of aromatic hydroxyl groups is 1. The minimum atomic E-state index is -1.72. The van der Waals surface area contributed by atoms with Crippen LogP contribution in [0.25, 0.3) is 0 Å². The molecule has 1 unspecified atom stereocenters. The number of carbonyl (C=O) groups is 2. The number of amides is 1. The number of rotatable bonds is 4. The van der Waals surface area contributed by atoms with E-state index in [1.165, 1.54) is 31.2 Å². The van der Waals surface area contributed by atoms with E-state index in [9.17, 15) is 22.8 Å². The van der Waals surface area contributed by atoms with Crippen LogP contribution in [-0.4, -0.2) is 23.1 Å². The van der Waals surface area contributed by atoms with Gasteiger partial charge in [-0.2, -0.15) is 0 Å². The summed E-state index contributed by atoms with van der Waals surface area (Å²) in [6.07, 6.45) is -1.32. The van der Waals surface area contributed by atoms with E-state index in [1.807, 2.05) is 5.32 Å². The molecule has 24 heavy (non-hydrogen) atoms. The molecule has 0 saturated carbocycles. The summed E-state index contributed by atoms with van der Waals surface area (Å²) in [5, 5.41) is 11.1. The van der Waals surface area contributed by atoms with Crippen LogP contribution in [0, 0.1) is 17.5 Å². The molecule has 0 aliphatic heterocycles. The molecule has 0 heterocycles. The fourth-order valence-corrected chi connectivity index (χ4v) is 1.74. The fraction of sp³-hybridized carbons (Fsp3) is 0.125. The molecule has 0 spiro atoms. The zero-order valence-corrected chi connectivity index (χ0v) is 12.3. The summed E-state index contributed by atoms with van der Waals surface area (Å²) in [6, 6.07) is 6.60. The lowest BCUT2D eigenvalue weighted by molar-refractivity contribution is -0.123. The van der Waals surface area contributed by atoms with Gasteiger partial charge in [-0.3, -0.25) is 4.79 Å². The molecule has 5 nitrogen and oxygen atoms in total. The van der Waals surface area contributed by atoms with Crippen molar-refractivity contribution in [2.24, 2.45) is 0 Å². The first-order valence-corrected chi connectivity index (χ1v) is 6.74. The van der Waals surface area contributed by atoms with Gasteiger partial charge >= 0.3 is 5.97 Å². The molecule has 2 N–H and O–H groups in total. The Kier molecular flexibility index (Phi) is 5.08. The highest BCUT2D eigenvalue weighted by Gasteiger charge is 2.21. The molecule has 0 fully saturated rings. The summed E-state index contributed by atoms with van der Waals surface area (Å²) in [5.41, 5.74) is -0.488. The molecular formula is C16H12F3NO4. The zero-order valence-electron chi connectivity index (χ0n) is 12.3. The summed E-state index contributed by atoms with van der Waals surface area (Å²) < 4.78 is 44.3. The lowest BCUT2D eigenvalue weighted by atomic mass is 10.2. The Morgan fingerprint density at radius 2 is 1.67 bits per heavy atom. The van der Waals surface area contributed by atoms with Gasteiger partial charge in [0.25, 0.3) is 5.91 Å². The van der Waals surface area contributed by atoms with E-state index in [4.69, 9.17) is 9.84 Å². The molecule has 126 valence electrons. The van der Waals surface area contributed by atoms with Crippen molar-refractivity contribution in [2.45, 2.75) is 13.0 Å². The van der Waals surface area contributed by atoms with Crippen LogP contribution in [0.15, 0.2) is 36.4 Å². The Bertz CT molecular complexity index is 778. The monoisotopic (exact) mass is 339 g/mol. The number of benzene rings is 2. The largest absolute Gasteiger partial charge is 0.508 e. The Labute approximate surface area is 134 Å². The maximum absolute atomic E-state index is 13.5. The summed E-state index contributed by atoms with van der Waals surface area (Å²) in [7, 11) is 0. The smallest absolute Gasteiger partial charge is 0.338 e. The maximum Gasteiger partial charge on any atom is 0.338 e. The van der Waals surface area contributed by atoms with Gasteiger partial charge in [0.15, 0.2) is 23.6 Å². The van der Waals surface area contributed by atoms with E-state index in [0.717, 1.165) is 6.07 Å². The minimum Gasteiger partial charge on any atom is -0.508 e. The Morgan fingerprint density at radius 1 is 1.04 bits per heavy atom. The highest BCUT2D eigenvalue weighted by Crippen LogP contribution is 2.20. The van der Waals surface area contributed by atoms with Gasteiger partial charge in [0.05, 0.1) is 11.3 Å². The Hall–Kier alpha value is -3.03. The number of anilines is 1. The van der Waals surface area contributed by atoms with Crippen molar-refractivity contribution in [3.8, 4) is 5.75 Å². The maximum atomic E-state index is 13.5. The van der Waals surface area contributed by atoms with E-state index in [2.05, 4.69) is 0 Å². The van der Waals surface area contributed by atoms with Gasteiger partial charge in [-0.15, -0.1) is 0 Å². The predicted molar refractivity (Wildman–Crippen MR) is 77.9 cm³/mol. The van der Waals surface area contributed by atoms with Crippen molar-refractivity contribution in [1.29, 1.82) is 0 Å². The molecule has 1 atom stereocenters. The van der Waals surface area contributed by atoms with Crippen molar-refractivity contribution in [1.82, 2.24) is 0 Å². The molecule has 1 amide bonds. The van der Waals surface area contributed by atoms with Crippen LogP contribution >= 0.6 is 0 Å². The first-order chi connectivity index (χ1) is 11.3. The van der Waals surface area contributed by atoms with Crippen molar-refractivity contribution in [3.05, 3.63) is 59.4 Å². The number of hydrogen-bond acceptors (Lipinski definition) is 4. The molecule has 0 radical (unpaired) electrons. The van der Waals surface area contributed by atoms with Gasteiger partial charge in [0, 0.05) is 0 Å². The van der Waals surface area contributed by atoms with Gasteiger partial charge in [-0.25, -0.2) is 18.0 Å². The van der Waals surface area contributed by atoms with Crippen LogP contribution in [-0.2, 0) is 9.53 Å². The lowest BCUT2D eigenvalue weighted by Crippen LogP contribution is -2.30. The second kappa shape index (κ2) is 7.03. The van der Waals surface area contributed by atoms with Crippen molar-refractivity contribution in [2.75, 3.05) is 5.32 Å². The van der Waals surface area contributed by atoms with E-state index in [1.54, 1.807) is 0 Å². The highest BCUT2D eigenvalue weighted by molar-refractivity contribution is 5.97. The van der Waals surface area contributed by atoms with E-state index in [0.29, 0.717) is 6.07 Å². The molecular weight excluding hydrogens is 327 g/mol. The Balaban J connectivity index is 2.03. The molecule has 0 aliphatic carbocycles. The topological polar surface area (TPSA) is 75.6 Å². The molecule has 0 saturated heterocycles. The summed E-state index contributed by atoms with van der Waals surface area (Å²) in [4.78, 5) is 23.7. The predicted octanol–water partition coefficient (Wildman–Crippen LogP) is 2.99. The fourth-order valence-electron chi connectivity index (χ4n) is 1.74. The number of phenolic OH excluding ortho intramolecular Hbond substituents is 1. The summed E-state index contributed by atoms with van der Waals surface area (Å²) in [5.74, 6) is -6.49. The summed E-state index contributed by atoms with van der Waals surface area (Å²) >= 11 is 0. The third-order valence-corrected chi connectivity index (χ3v) is 3.05. The molecule has 0 aliphatic rings. The van der Waals surface area contributed by atoms with Gasteiger partial charge in [-0.1, -0.05) is 0 Å². The minimum absolute atomic E-state index is 0.0499.